The Hall–Kier alpha value is -2.18. The van der Waals surface area contributed by atoms with Gasteiger partial charge in [-0.25, -0.2) is 0 Å². The first-order chi connectivity index (χ1) is 12.2. The van der Waals surface area contributed by atoms with Gasteiger partial charge in [0.05, 0.1) is 6.04 Å². The number of nitrogens with zero attached hydrogens (tertiary/aromatic N) is 2. The van der Waals surface area contributed by atoms with E-state index < -0.39 is 0 Å². The molecule has 3 aromatic rings. The van der Waals surface area contributed by atoms with Crippen molar-refractivity contribution in [2.75, 3.05) is 0 Å². The van der Waals surface area contributed by atoms with Gasteiger partial charge in [0.15, 0.2) is 0 Å². The minimum atomic E-state index is -0.0444. The summed E-state index contributed by atoms with van der Waals surface area (Å²) in [6.45, 7) is 2.03. The molecule has 130 valence electrons. The third-order valence-corrected chi connectivity index (χ3v) is 4.75. The van der Waals surface area contributed by atoms with Crippen LogP contribution in [0, 0.1) is 0 Å². The zero-order valence-corrected chi connectivity index (χ0v) is 15.3. The summed E-state index contributed by atoms with van der Waals surface area (Å²) in [6, 6.07) is 9.41. The second-order valence-electron chi connectivity index (χ2n) is 5.59. The van der Waals surface area contributed by atoms with Crippen LogP contribution in [0.4, 0.5) is 0 Å². The van der Waals surface area contributed by atoms with Crippen LogP contribution in [0.15, 0.2) is 45.5 Å². The second kappa shape index (κ2) is 8.27. The van der Waals surface area contributed by atoms with Gasteiger partial charge in [0.25, 0.3) is 0 Å². The standard InChI is InChI=1S/C18H18ClN3O2S/c1-2-15(12-3-5-14(19)6-4-12)20-16(23)7-8-17-21-22-18(24-17)13-9-10-25-11-13/h3-6,9-11,15H,2,7-8H2,1H3,(H,20,23). The molecule has 1 atom stereocenters. The summed E-state index contributed by atoms with van der Waals surface area (Å²) in [4.78, 5) is 12.2. The van der Waals surface area contributed by atoms with E-state index in [1.165, 1.54) is 0 Å². The molecule has 1 amide bonds. The molecule has 0 aliphatic heterocycles. The van der Waals surface area contributed by atoms with E-state index in [1.54, 1.807) is 11.3 Å². The lowest BCUT2D eigenvalue weighted by molar-refractivity contribution is -0.121. The van der Waals surface area contributed by atoms with Crippen molar-refractivity contribution in [3.05, 3.63) is 57.6 Å². The molecule has 0 bridgehead atoms. The molecular weight excluding hydrogens is 358 g/mol. The van der Waals surface area contributed by atoms with Crippen LogP contribution >= 0.6 is 22.9 Å². The fraction of sp³-hybridized carbons (Fsp3) is 0.278. The number of halogens is 1. The van der Waals surface area contributed by atoms with Gasteiger partial charge in [0, 0.05) is 28.8 Å². The van der Waals surface area contributed by atoms with Crippen LogP contribution in [0.5, 0.6) is 0 Å². The number of aryl methyl sites for hydroxylation is 1. The highest BCUT2D eigenvalue weighted by Crippen LogP contribution is 2.21. The predicted molar refractivity (Wildman–Crippen MR) is 98.6 cm³/mol. The van der Waals surface area contributed by atoms with Crippen molar-refractivity contribution in [1.82, 2.24) is 15.5 Å². The number of aromatic nitrogens is 2. The largest absolute Gasteiger partial charge is 0.421 e. The van der Waals surface area contributed by atoms with Gasteiger partial charge in [0.2, 0.25) is 17.7 Å². The van der Waals surface area contributed by atoms with E-state index in [-0.39, 0.29) is 11.9 Å². The van der Waals surface area contributed by atoms with E-state index in [0.29, 0.717) is 29.6 Å². The van der Waals surface area contributed by atoms with Crippen LogP contribution in [0.3, 0.4) is 0 Å². The van der Waals surface area contributed by atoms with Gasteiger partial charge in [-0.15, -0.1) is 10.2 Å². The molecule has 3 rings (SSSR count). The Morgan fingerprint density at radius 1 is 1.28 bits per heavy atom. The lowest BCUT2D eigenvalue weighted by Gasteiger charge is -2.17. The van der Waals surface area contributed by atoms with E-state index in [9.17, 15) is 4.79 Å². The number of hydrogen-bond acceptors (Lipinski definition) is 5. The molecule has 0 radical (unpaired) electrons. The Balaban J connectivity index is 1.54. The number of amides is 1. The van der Waals surface area contributed by atoms with E-state index >= 15 is 0 Å². The molecule has 25 heavy (non-hydrogen) atoms. The highest BCUT2D eigenvalue weighted by atomic mass is 35.5. The average molecular weight is 376 g/mol. The normalized spacial score (nSPS) is 12.1. The van der Waals surface area contributed by atoms with E-state index in [1.807, 2.05) is 48.0 Å². The maximum Gasteiger partial charge on any atom is 0.248 e. The summed E-state index contributed by atoms with van der Waals surface area (Å²) in [5, 5.41) is 15.6. The zero-order chi connectivity index (χ0) is 17.6. The first-order valence-corrected chi connectivity index (χ1v) is 9.37. The van der Waals surface area contributed by atoms with Crippen LogP contribution in [-0.2, 0) is 11.2 Å². The van der Waals surface area contributed by atoms with Crippen molar-refractivity contribution in [2.45, 2.75) is 32.2 Å². The third-order valence-electron chi connectivity index (χ3n) is 3.82. The Labute approximate surface area is 155 Å². The quantitative estimate of drug-likeness (QED) is 0.652. The van der Waals surface area contributed by atoms with Gasteiger partial charge in [-0.3, -0.25) is 4.79 Å². The molecule has 0 aliphatic carbocycles. The molecule has 5 nitrogen and oxygen atoms in total. The van der Waals surface area contributed by atoms with Crippen LogP contribution in [0.25, 0.3) is 11.5 Å². The van der Waals surface area contributed by atoms with Gasteiger partial charge in [-0.1, -0.05) is 30.7 Å². The minimum Gasteiger partial charge on any atom is -0.421 e. The molecule has 1 aromatic carbocycles. The highest BCUT2D eigenvalue weighted by molar-refractivity contribution is 7.08. The van der Waals surface area contributed by atoms with Crippen LogP contribution in [0.1, 0.15) is 37.3 Å². The molecule has 7 heteroatoms. The Kier molecular flexibility index (Phi) is 5.83. The van der Waals surface area contributed by atoms with Crippen molar-refractivity contribution < 1.29 is 9.21 Å². The topological polar surface area (TPSA) is 68.0 Å². The van der Waals surface area contributed by atoms with Crippen molar-refractivity contribution in [3.8, 4) is 11.5 Å². The zero-order valence-electron chi connectivity index (χ0n) is 13.7. The van der Waals surface area contributed by atoms with Gasteiger partial charge in [-0.05, 0) is 35.6 Å². The molecule has 0 spiro atoms. The van der Waals surface area contributed by atoms with E-state index in [0.717, 1.165) is 17.5 Å². The average Bonchev–Trinajstić information content (AvgIpc) is 3.30. The molecule has 2 aromatic heterocycles. The third kappa shape index (κ3) is 4.67. The molecule has 0 aliphatic rings. The molecule has 2 heterocycles. The number of carbonyl (C=O) groups excluding carboxylic acids is 1. The maximum atomic E-state index is 12.2. The summed E-state index contributed by atoms with van der Waals surface area (Å²) >= 11 is 7.48. The van der Waals surface area contributed by atoms with Crippen molar-refractivity contribution >= 4 is 28.8 Å². The van der Waals surface area contributed by atoms with Crippen LogP contribution < -0.4 is 5.32 Å². The first kappa shape index (κ1) is 17.6. The second-order valence-corrected chi connectivity index (χ2v) is 6.81. The molecule has 0 saturated heterocycles. The summed E-state index contributed by atoms with van der Waals surface area (Å²) < 4.78 is 5.60. The molecule has 0 fully saturated rings. The number of thiophene rings is 1. The highest BCUT2D eigenvalue weighted by Gasteiger charge is 2.15. The number of hydrogen-bond donors (Lipinski definition) is 1. The molecule has 1 N–H and O–H groups in total. The van der Waals surface area contributed by atoms with E-state index in [2.05, 4.69) is 15.5 Å². The van der Waals surface area contributed by atoms with Crippen LogP contribution in [-0.4, -0.2) is 16.1 Å². The molecule has 0 saturated carbocycles. The monoisotopic (exact) mass is 375 g/mol. The van der Waals surface area contributed by atoms with Gasteiger partial charge in [0.1, 0.15) is 0 Å². The number of benzene rings is 1. The first-order valence-electron chi connectivity index (χ1n) is 8.05. The summed E-state index contributed by atoms with van der Waals surface area (Å²) in [5.41, 5.74) is 1.94. The number of carbonyl (C=O) groups is 1. The summed E-state index contributed by atoms with van der Waals surface area (Å²) in [7, 11) is 0. The predicted octanol–water partition coefficient (Wildman–Crippen LogP) is 4.65. The lowest BCUT2D eigenvalue weighted by atomic mass is 10.0. The fourth-order valence-corrected chi connectivity index (χ4v) is 3.22. The maximum absolute atomic E-state index is 12.2. The van der Waals surface area contributed by atoms with Gasteiger partial charge < -0.3 is 9.73 Å². The van der Waals surface area contributed by atoms with Crippen LogP contribution in [0.2, 0.25) is 5.02 Å². The minimum absolute atomic E-state index is 0.0335. The number of rotatable bonds is 7. The van der Waals surface area contributed by atoms with Gasteiger partial charge >= 0.3 is 0 Å². The Morgan fingerprint density at radius 2 is 2.08 bits per heavy atom. The lowest BCUT2D eigenvalue weighted by Crippen LogP contribution is -2.28. The summed E-state index contributed by atoms with van der Waals surface area (Å²) in [5.74, 6) is 0.914. The van der Waals surface area contributed by atoms with E-state index in [4.69, 9.17) is 16.0 Å². The van der Waals surface area contributed by atoms with Crippen molar-refractivity contribution in [3.63, 3.8) is 0 Å². The Bertz CT molecular complexity index is 815. The summed E-state index contributed by atoms with van der Waals surface area (Å²) in [6.07, 6.45) is 1.52. The fourth-order valence-electron chi connectivity index (χ4n) is 2.46. The van der Waals surface area contributed by atoms with Crippen molar-refractivity contribution in [1.29, 1.82) is 0 Å². The SMILES string of the molecule is CCC(NC(=O)CCc1nnc(-c2ccsc2)o1)c1ccc(Cl)cc1. The number of nitrogens with one attached hydrogen (secondary N) is 1. The van der Waals surface area contributed by atoms with Crippen molar-refractivity contribution in [2.24, 2.45) is 0 Å². The molecular formula is C18H18ClN3O2S. The van der Waals surface area contributed by atoms with Gasteiger partial charge in [-0.2, -0.15) is 11.3 Å². The Morgan fingerprint density at radius 3 is 2.76 bits per heavy atom. The molecule has 1 unspecified atom stereocenters. The smallest absolute Gasteiger partial charge is 0.248 e.